The van der Waals surface area contributed by atoms with E-state index in [1.54, 1.807) is 6.07 Å². The lowest BCUT2D eigenvalue weighted by Gasteiger charge is -2.11. The Bertz CT molecular complexity index is 1070. The van der Waals surface area contributed by atoms with Crippen molar-refractivity contribution in [1.82, 2.24) is 0 Å². The van der Waals surface area contributed by atoms with Crippen LogP contribution in [0.5, 0.6) is 11.5 Å². The number of nitro groups is 1. The Labute approximate surface area is 172 Å². The average Bonchev–Trinajstić information content (AvgIpc) is 2.68. The molecule has 30 heavy (non-hydrogen) atoms. The van der Waals surface area contributed by atoms with Crippen molar-refractivity contribution in [2.75, 3.05) is 12.4 Å². The standard InChI is InChI=1S/C18H11ClF3N3O5/c1-29-15-5-9(14(25(27)28)7-16(15)30-18(21)22)4-10(8-23)17(26)24-11-2-3-13(20)12(19)6-11/h2-7,18H,1H3,(H,24,26)/b10-4+. The molecular weight excluding hydrogens is 431 g/mol. The van der Waals surface area contributed by atoms with Gasteiger partial charge in [-0.05, 0) is 30.3 Å². The average molecular weight is 442 g/mol. The second-order valence-electron chi connectivity index (χ2n) is 5.45. The van der Waals surface area contributed by atoms with E-state index in [0.717, 1.165) is 31.4 Å². The monoisotopic (exact) mass is 441 g/mol. The number of benzene rings is 2. The molecule has 0 aliphatic carbocycles. The van der Waals surface area contributed by atoms with E-state index in [1.165, 1.54) is 6.07 Å². The van der Waals surface area contributed by atoms with E-state index in [-0.39, 0.29) is 22.0 Å². The molecule has 0 saturated heterocycles. The van der Waals surface area contributed by atoms with E-state index in [1.807, 2.05) is 0 Å². The van der Waals surface area contributed by atoms with Crippen LogP contribution in [0.25, 0.3) is 6.08 Å². The molecule has 0 unspecified atom stereocenters. The summed E-state index contributed by atoms with van der Waals surface area (Å²) in [5, 5.41) is 22.6. The van der Waals surface area contributed by atoms with Gasteiger partial charge in [-0.15, -0.1) is 0 Å². The Morgan fingerprint density at radius 3 is 2.57 bits per heavy atom. The number of amides is 1. The molecule has 0 aliphatic heterocycles. The van der Waals surface area contributed by atoms with E-state index in [9.17, 15) is 33.3 Å². The van der Waals surface area contributed by atoms with Crippen molar-refractivity contribution in [2.45, 2.75) is 6.61 Å². The molecular formula is C18H11ClF3N3O5. The number of nitrogens with one attached hydrogen (secondary N) is 1. The summed E-state index contributed by atoms with van der Waals surface area (Å²) < 4.78 is 47.3. The van der Waals surface area contributed by atoms with E-state index < -0.39 is 40.3 Å². The minimum absolute atomic E-state index is 0.0697. The fourth-order valence-electron chi connectivity index (χ4n) is 2.26. The molecule has 0 heterocycles. The number of methoxy groups -OCH3 is 1. The summed E-state index contributed by atoms with van der Waals surface area (Å²) in [6.45, 7) is -3.26. The number of carbonyl (C=O) groups is 1. The zero-order valence-corrected chi connectivity index (χ0v) is 15.7. The van der Waals surface area contributed by atoms with Crippen molar-refractivity contribution in [2.24, 2.45) is 0 Å². The van der Waals surface area contributed by atoms with Gasteiger partial charge in [0.05, 0.1) is 28.7 Å². The number of nitro benzene ring substituents is 1. The fourth-order valence-corrected chi connectivity index (χ4v) is 2.44. The summed E-state index contributed by atoms with van der Waals surface area (Å²) in [6.07, 6.45) is 0.868. The third-order valence-electron chi connectivity index (χ3n) is 3.57. The SMILES string of the molecule is COc1cc(/C=C(\C#N)C(=O)Nc2ccc(F)c(Cl)c2)c([N+](=O)[O-])cc1OC(F)F. The number of nitrogens with zero attached hydrogens (tertiary/aromatic N) is 2. The highest BCUT2D eigenvalue weighted by atomic mass is 35.5. The lowest BCUT2D eigenvalue weighted by molar-refractivity contribution is -0.385. The summed E-state index contributed by atoms with van der Waals surface area (Å²) in [5.41, 5.74) is -1.48. The van der Waals surface area contributed by atoms with Crippen LogP contribution < -0.4 is 14.8 Å². The molecule has 1 amide bonds. The smallest absolute Gasteiger partial charge is 0.387 e. The van der Waals surface area contributed by atoms with Crippen molar-refractivity contribution in [3.05, 3.63) is 62.4 Å². The largest absolute Gasteiger partial charge is 0.493 e. The molecule has 0 fully saturated rings. The normalized spacial score (nSPS) is 11.0. The molecule has 1 N–H and O–H groups in total. The molecule has 0 saturated carbocycles. The highest BCUT2D eigenvalue weighted by Crippen LogP contribution is 2.36. The Morgan fingerprint density at radius 1 is 1.33 bits per heavy atom. The molecule has 0 aliphatic rings. The maximum Gasteiger partial charge on any atom is 0.387 e. The van der Waals surface area contributed by atoms with E-state index >= 15 is 0 Å². The molecule has 0 atom stereocenters. The van der Waals surface area contributed by atoms with Crippen LogP contribution in [-0.4, -0.2) is 24.6 Å². The molecule has 12 heteroatoms. The number of alkyl halides is 2. The zero-order valence-electron chi connectivity index (χ0n) is 15.0. The molecule has 2 rings (SSSR count). The molecule has 0 spiro atoms. The van der Waals surface area contributed by atoms with Crippen molar-refractivity contribution < 1.29 is 32.4 Å². The topological polar surface area (TPSA) is 114 Å². The van der Waals surface area contributed by atoms with E-state index in [2.05, 4.69) is 10.1 Å². The predicted octanol–water partition coefficient (Wildman–Crippen LogP) is 4.54. The number of hydrogen-bond acceptors (Lipinski definition) is 6. The van der Waals surface area contributed by atoms with Gasteiger partial charge in [0.25, 0.3) is 11.6 Å². The summed E-state index contributed by atoms with van der Waals surface area (Å²) in [4.78, 5) is 22.7. The summed E-state index contributed by atoms with van der Waals surface area (Å²) >= 11 is 5.62. The van der Waals surface area contributed by atoms with Gasteiger partial charge in [-0.25, -0.2) is 4.39 Å². The molecule has 2 aromatic carbocycles. The van der Waals surface area contributed by atoms with Crippen LogP contribution >= 0.6 is 11.6 Å². The molecule has 0 radical (unpaired) electrons. The Balaban J connectivity index is 2.46. The maximum atomic E-state index is 13.2. The number of rotatable bonds is 7. The first-order valence-electron chi connectivity index (χ1n) is 7.85. The number of carbonyl (C=O) groups excluding carboxylic acids is 1. The van der Waals surface area contributed by atoms with Crippen LogP contribution in [0.3, 0.4) is 0 Å². The van der Waals surface area contributed by atoms with Crippen LogP contribution in [0.15, 0.2) is 35.9 Å². The first kappa shape index (κ1) is 22.5. The zero-order chi connectivity index (χ0) is 22.4. The summed E-state index contributed by atoms with van der Waals surface area (Å²) in [7, 11) is 1.11. The van der Waals surface area contributed by atoms with Gasteiger partial charge in [-0.1, -0.05) is 11.6 Å². The first-order valence-corrected chi connectivity index (χ1v) is 8.23. The van der Waals surface area contributed by atoms with Gasteiger partial charge in [0.15, 0.2) is 11.5 Å². The fraction of sp³-hybridized carbons (Fsp3) is 0.111. The second kappa shape index (κ2) is 9.62. The molecule has 156 valence electrons. The lowest BCUT2D eigenvalue weighted by Crippen LogP contribution is -2.13. The van der Waals surface area contributed by atoms with Crippen LogP contribution in [0.4, 0.5) is 24.5 Å². The van der Waals surface area contributed by atoms with Gasteiger partial charge in [0, 0.05) is 5.69 Å². The number of hydrogen-bond donors (Lipinski definition) is 1. The van der Waals surface area contributed by atoms with Crippen molar-refractivity contribution >= 4 is 35.0 Å². The van der Waals surface area contributed by atoms with E-state index in [4.69, 9.17) is 16.3 Å². The van der Waals surface area contributed by atoms with Gasteiger partial charge in [-0.2, -0.15) is 14.0 Å². The summed E-state index contributed by atoms with van der Waals surface area (Å²) in [5.74, 6) is -2.57. The predicted molar refractivity (Wildman–Crippen MR) is 99.9 cm³/mol. The van der Waals surface area contributed by atoms with Crippen molar-refractivity contribution in [1.29, 1.82) is 5.26 Å². The highest BCUT2D eigenvalue weighted by molar-refractivity contribution is 6.31. The molecule has 0 aromatic heterocycles. The highest BCUT2D eigenvalue weighted by Gasteiger charge is 2.22. The van der Waals surface area contributed by atoms with Gasteiger partial charge < -0.3 is 14.8 Å². The van der Waals surface area contributed by atoms with Gasteiger partial charge in [-0.3, -0.25) is 14.9 Å². The Morgan fingerprint density at radius 2 is 2.03 bits per heavy atom. The molecule has 8 nitrogen and oxygen atoms in total. The Hall–Kier alpha value is -3.78. The first-order chi connectivity index (χ1) is 14.2. The quantitative estimate of drug-likeness (QED) is 0.292. The van der Waals surface area contributed by atoms with Crippen LogP contribution in [0.2, 0.25) is 5.02 Å². The number of nitriles is 1. The summed E-state index contributed by atoms with van der Waals surface area (Å²) in [6, 6.07) is 6.51. The van der Waals surface area contributed by atoms with Gasteiger partial charge in [0.1, 0.15) is 17.5 Å². The number of anilines is 1. The van der Waals surface area contributed by atoms with Crippen LogP contribution in [0.1, 0.15) is 5.56 Å². The van der Waals surface area contributed by atoms with Crippen LogP contribution in [0, 0.1) is 27.3 Å². The third-order valence-corrected chi connectivity index (χ3v) is 3.86. The second-order valence-corrected chi connectivity index (χ2v) is 5.86. The maximum absolute atomic E-state index is 13.2. The van der Waals surface area contributed by atoms with Gasteiger partial charge >= 0.3 is 6.61 Å². The minimum atomic E-state index is -3.26. The third kappa shape index (κ3) is 5.39. The number of ether oxygens (including phenoxy) is 2. The minimum Gasteiger partial charge on any atom is -0.493 e. The molecule has 2 aromatic rings. The molecule has 0 bridgehead atoms. The van der Waals surface area contributed by atoms with Crippen molar-refractivity contribution in [3.8, 4) is 17.6 Å². The van der Waals surface area contributed by atoms with Gasteiger partial charge in [0.2, 0.25) is 0 Å². The lowest BCUT2D eigenvalue weighted by atomic mass is 10.1. The van der Waals surface area contributed by atoms with Crippen molar-refractivity contribution in [3.63, 3.8) is 0 Å². The number of halogens is 4. The Kier molecular flexibility index (Phi) is 7.22. The van der Waals surface area contributed by atoms with Crippen LogP contribution in [-0.2, 0) is 4.79 Å². The van der Waals surface area contributed by atoms with E-state index in [0.29, 0.717) is 6.07 Å².